The number of nitrogens with zero attached hydrogens (tertiary/aromatic N) is 1. The first-order chi connectivity index (χ1) is 31.8. The van der Waals surface area contributed by atoms with Crippen molar-refractivity contribution in [3.8, 4) is 23.5 Å². The topological polar surface area (TPSA) is 143 Å². The number of thioether (sulfide) groups is 1. The monoisotopic (exact) mass is 904 g/mol. The summed E-state index contributed by atoms with van der Waals surface area (Å²) in [7, 11) is 0. The van der Waals surface area contributed by atoms with E-state index >= 15 is 0 Å². The molecule has 4 atom stereocenters. The summed E-state index contributed by atoms with van der Waals surface area (Å²) in [6, 6.07) is 42.2. The number of fused-ring (bicyclic) bond motifs is 3. The molecule has 5 aromatic rings. The van der Waals surface area contributed by atoms with Crippen LogP contribution in [0.3, 0.4) is 0 Å². The third-order valence-electron chi connectivity index (χ3n) is 11.9. The van der Waals surface area contributed by atoms with E-state index in [2.05, 4.69) is 21.9 Å². The number of terminal acetylenes is 1. The van der Waals surface area contributed by atoms with Crippen LogP contribution in [-0.4, -0.2) is 89.8 Å². The molecule has 0 aromatic heterocycles. The van der Waals surface area contributed by atoms with Crippen LogP contribution in [0.5, 0.6) is 0 Å². The normalized spacial score (nSPS) is 16.5. The molecular formula is C54H56N4O7S. The van der Waals surface area contributed by atoms with Crippen LogP contribution >= 0.6 is 11.8 Å². The second-order valence-electron chi connectivity index (χ2n) is 17.6. The number of amides is 4. The van der Waals surface area contributed by atoms with Gasteiger partial charge in [0.15, 0.2) is 5.78 Å². The van der Waals surface area contributed by atoms with Crippen molar-refractivity contribution in [3.63, 3.8) is 0 Å². The molecule has 4 amide bonds. The molecule has 0 bridgehead atoms. The highest BCUT2D eigenvalue weighted by atomic mass is 32.2. The molecule has 340 valence electrons. The maximum Gasteiger partial charge on any atom is 0.407 e. The lowest BCUT2D eigenvalue weighted by Gasteiger charge is -2.36. The molecule has 0 spiro atoms. The molecule has 5 aromatic carbocycles. The number of nitrogens with one attached hydrogen (secondary N) is 3. The minimum absolute atomic E-state index is 0.00101. The predicted molar refractivity (Wildman–Crippen MR) is 257 cm³/mol. The van der Waals surface area contributed by atoms with E-state index in [1.54, 1.807) is 0 Å². The number of alkyl carbamates (subject to hydrolysis) is 1. The Kier molecular flexibility index (Phi) is 15.1. The molecule has 0 radical (unpaired) electrons. The van der Waals surface area contributed by atoms with Gasteiger partial charge in [0.25, 0.3) is 0 Å². The highest BCUT2D eigenvalue weighted by molar-refractivity contribution is 8.00. The second kappa shape index (κ2) is 21.1. The van der Waals surface area contributed by atoms with Crippen molar-refractivity contribution in [3.05, 3.63) is 167 Å². The van der Waals surface area contributed by atoms with Gasteiger partial charge in [-0.15, -0.1) is 18.2 Å². The van der Waals surface area contributed by atoms with Gasteiger partial charge in [-0.3, -0.25) is 19.2 Å². The summed E-state index contributed by atoms with van der Waals surface area (Å²) in [6.45, 7) is 7.05. The molecule has 2 aliphatic rings. The third-order valence-corrected chi connectivity index (χ3v) is 13.5. The Bertz CT molecular complexity index is 2420. The summed E-state index contributed by atoms with van der Waals surface area (Å²) in [5.74, 6) is -0.104. The number of carbonyl (C=O) groups is 5. The van der Waals surface area contributed by atoms with Gasteiger partial charge in [0, 0.05) is 24.6 Å². The fraction of sp³-hybridized carbons (Fsp3) is 0.315. The Labute approximate surface area is 391 Å². The lowest BCUT2D eigenvalue weighted by atomic mass is 9.84. The number of benzene rings is 5. The maximum absolute atomic E-state index is 15.0. The van der Waals surface area contributed by atoms with Crippen molar-refractivity contribution in [1.82, 2.24) is 20.9 Å². The first-order valence-electron chi connectivity index (χ1n) is 22.2. The summed E-state index contributed by atoms with van der Waals surface area (Å²) >= 11 is 1.44. The van der Waals surface area contributed by atoms with Gasteiger partial charge in [0.05, 0.1) is 35.5 Å². The number of ether oxygens (including phenoxy) is 2. The van der Waals surface area contributed by atoms with Gasteiger partial charge in [0.1, 0.15) is 18.7 Å². The minimum atomic E-state index is -1.44. The quantitative estimate of drug-likeness (QED) is 0.0640. The number of ketones is 1. The van der Waals surface area contributed by atoms with E-state index in [1.165, 1.54) is 23.6 Å². The molecule has 1 heterocycles. The lowest BCUT2D eigenvalue weighted by molar-refractivity contribution is -0.142. The highest BCUT2D eigenvalue weighted by Crippen LogP contribution is 2.49. The van der Waals surface area contributed by atoms with Gasteiger partial charge < -0.3 is 30.3 Å². The van der Waals surface area contributed by atoms with Crippen LogP contribution in [0.15, 0.2) is 140 Å². The Morgan fingerprint density at radius 1 is 0.742 bits per heavy atom. The number of hydrogen-bond donors (Lipinski definition) is 3. The minimum Gasteiger partial charge on any atom is -0.449 e. The van der Waals surface area contributed by atoms with E-state index in [0.29, 0.717) is 0 Å². The summed E-state index contributed by atoms with van der Waals surface area (Å²) < 4.78 is 11.3. The fourth-order valence-corrected chi connectivity index (χ4v) is 10.6. The van der Waals surface area contributed by atoms with Crippen molar-refractivity contribution in [1.29, 1.82) is 0 Å². The van der Waals surface area contributed by atoms with Crippen LogP contribution in [0.4, 0.5) is 4.79 Å². The standard InChI is InChI=1S/C54H56N4O7S/c1-6-30-55-49(60)32-46(51(62)58-33-40(65-53(3,4)5)31-48(58)36(2)59)56-50(61)47(57-52(63)64-34-45-43-28-18-16-26-41(43)42-27-17-19-29-44(42)45)35-66-54(37-20-10-7-11-21-37,38-22-12-8-13-23-38)39-24-14-9-15-25-39/h1,7-29,40,45-48H,30-35H2,2-5H3,(H,55,60)(H,56,61)(H,57,63)/t40-,46+,47-,48-/m0/s1. The number of carbonyl (C=O) groups excluding carboxylic acids is 5. The van der Waals surface area contributed by atoms with Gasteiger partial charge in [-0.25, -0.2) is 4.79 Å². The van der Waals surface area contributed by atoms with E-state index in [1.807, 2.05) is 160 Å². The Balaban J connectivity index is 1.22. The molecular weight excluding hydrogens is 849 g/mol. The average molecular weight is 905 g/mol. The third kappa shape index (κ3) is 10.9. The maximum atomic E-state index is 15.0. The van der Waals surface area contributed by atoms with E-state index in [0.717, 1.165) is 38.9 Å². The SMILES string of the molecule is C#CCNC(=O)C[C@@H](NC(=O)[C@H](CSC(c1ccccc1)(c1ccccc1)c1ccccc1)NC(=O)OCC1c2ccccc2-c2ccccc21)C(=O)N1C[C@@H](OC(C)(C)C)C[C@H]1C(C)=O. The largest absolute Gasteiger partial charge is 0.449 e. The van der Waals surface area contributed by atoms with E-state index < -0.39 is 64.8 Å². The first kappa shape index (κ1) is 47.3. The van der Waals surface area contributed by atoms with E-state index in [-0.39, 0.29) is 43.6 Å². The summed E-state index contributed by atoms with van der Waals surface area (Å²) in [5.41, 5.74) is 6.43. The summed E-state index contributed by atoms with van der Waals surface area (Å²) in [5, 5.41) is 8.28. The van der Waals surface area contributed by atoms with Gasteiger partial charge >= 0.3 is 6.09 Å². The zero-order valence-corrected chi connectivity index (χ0v) is 38.5. The smallest absolute Gasteiger partial charge is 0.407 e. The molecule has 1 fully saturated rings. The highest BCUT2D eigenvalue weighted by Gasteiger charge is 2.44. The molecule has 1 saturated heterocycles. The van der Waals surface area contributed by atoms with Crippen LogP contribution in [0, 0.1) is 12.3 Å². The van der Waals surface area contributed by atoms with Crippen LogP contribution in [-0.2, 0) is 33.4 Å². The van der Waals surface area contributed by atoms with Crippen molar-refractivity contribution in [2.24, 2.45) is 0 Å². The van der Waals surface area contributed by atoms with Crippen molar-refractivity contribution >= 4 is 41.4 Å². The van der Waals surface area contributed by atoms with Crippen LogP contribution < -0.4 is 16.0 Å². The zero-order chi connectivity index (χ0) is 46.8. The van der Waals surface area contributed by atoms with Crippen LogP contribution in [0.25, 0.3) is 11.1 Å². The second-order valence-corrected chi connectivity index (χ2v) is 18.8. The first-order valence-corrected chi connectivity index (χ1v) is 23.2. The molecule has 3 N–H and O–H groups in total. The van der Waals surface area contributed by atoms with Gasteiger partial charge in [-0.2, -0.15) is 0 Å². The number of likely N-dealkylation sites (tertiary alicyclic amines) is 1. The van der Waals surface area contributed by atoms with Crippen LogP contribution in [0.2, 0.25) is 0 Å². The molecule has 66 heavy (non-hydrogen) atoms. The Morgan fingerprint density at radius 3 is 1.76 bits per heavy atom. The Hall–Kier alpha value is -6.68. The lowest BCUT2D eigenvalue weighted by Crippen LogP contribution is -2.57. The molecule has 1 aliphatic carbocycles. The van der Waals surface area contributed by atoms with Gasteiger partial charge in [0.2, 0.25) is 17.7 Å². The molecule has 1 aliphatic heterocycles. The average Bonchev–Trinajstić information content (AvgIpc) is 3.89. The van der Waals surface area contributed by atoms with E-state index in [9.17, 15) is 24.0 Å². The van der Waals surface area contributed by atoms with Crippen molar-refractivity contribution in [2.45, 2.75) is 81.0 Å². The molecule has 0 unspecified atom stereocenters. The number of hydrogen-bond acceptors (Lipinski definition) is 8. The number of Topliss-reactive ketones (excluding diaryl/α,β-unsaturated/α-hetero) is 1. The van der Waals surface area contributed by atoms with Crippen molar-refractivity contribution in [2.75, 3.05) is 25.4 Å². The predicted octanol–water partition coefficient (Wildman–Crippen LogP) is 7.62. The van der Waals surface area contributed by atoms with Gasteiger partial charge in [-0.1, -0.05) is 145 Å². The fourth-order valence-electron chi connectivity index (χ4n) is 9.03. The molecule has 12 heteroatoms. The molecule has 0 saturated carbocycles. The zero-order valence-electron chi connectivity index (χ0n) is 37.7. The van der Waals surface area contributed by atoms with Crippen molar-refractivity contribution < 1.29 is 33.4 Å². The molecule has 11 nitrogen and oxygen atoms in total. The summed E-state index contributed by atoms with van der Waals surface area (Å²) in [6.07, 6.45) is 3.92. The van der Waals surface area contributed by atoms with Gasteiger partial charge in [-0.05, 0) is 66.6 Å². The van der Waals surface area contributed by atoms with E-state index in [4.69, 9.17) is 15.9 Å². The van der Waals surface area contributed by atoms with Crippen LogP contribution in [0.1, 0.15) is 74.3 Å². The molecule has 7 rings (SSSR count). The summed E-state index contributed by atoms with van der Waals surface area (Å²) in [4.78, 5) is 71.5. The number of rotatable bonds is 17. The Morgan fingerprint density at radius 2 is 1.26 bits per heavy atom.